The molecule has 0 bridgehead atoms. The molecule has 1 aliphatic heterocycles. The minimum atomic E-state index is 0.302. The van der Waals surface area contributed by atoms with Crippen molar-refractivity contribution in [3.8, 4) is 0 Å². The van der Waals surface area contributed by atoms with Crippen LogP contribution in [0.4, 0.5) is 17.6 Å². The molecule has 1 aromatic heterocycles. The summed E-state index contributed by atoms with van der Waals surface area (Å²) in [6.45, 7) is 8.49. The molecule has 1 aromatic rings. The molecule has 112 valence electrons. The van der Waals surface area contributed by atoms with Gasteiger partial charge in [-0.15, -0.1) is 0 Å². The van der Waals surface area contributed by atoms with Gasteiger partial charge in [-0.3, -0.25) is 0 Å². The summed E-state index contributed by atoms with van der Waals surface area (Å²) >= 11 is 0. The second-order valence-corrected chi connectivity index (χ2v) is 5.43. The van der Waals surface area contributed by atoms with Crippen molar-refractivity contribution in [2.45, 2.75) is 39.2 Å². The number of aromatic nitrogens is 2. The van der Waals surface area contributed by atoms with Gasteiger partial charge in [-0.25, -0.2) is 0 Å². The molecule has 1 unspecified atom stereocenters. The average molecular weight is 278 g/mol. The lowest BCUT2D eigenvalue weighted by atomic mass is 10.1. The summed E-state index contributed by atoms with van der Waals surface area (Å²) < 4.78 is 0. The van der Waals surface area contributed by atoms with Crippen LogP contribution in [0.2, 0.25) is 0 Å². The zero-order chi connectivity index (χ0) is 14.4. The second-order valence-electron chi connectivity index (χ2n) is 5.43. The van der Waals surface area contributed by atoms with Crippen LogP contribution in [0.25, 0.3) is 0 Å². The van der Waals surface area contributed by atoms with E-state index in [2.05, 4.69) is 32.4 Å². The van der Waals surface area contributed by atoms with E-state index in [0.717, 1.165) is 24.7 Å². The second kappa shape index (κ2) is 7.28. The van der Waals surface area contributed by atoms with E-state index < -0.39 is 0 Å². The van der Waals surface area contributed by atoms with Crippen LogP contribution in [0.1, 0.15) is 33.1 Å². The number of nitrogens with two attached hydrogens (primary N) is 1. The molecule has 0 saturated carbocycles. The molecule has 0 amide bonds. The predicted octanol–water partition coefficient (Wildman–Crippen LogP) is 1.78. The summed E-state index contributed by atoms with van der Waals surface area (Å²) in [5.41, 5.74) is 5.74. The number of rotatable bonds is 6. The minimum Gasteiger partial charge on any atom is -0.370 e. The van der Waals surface area contributed by atoms with Crippen LogP contribution in [-0.4, -0.2) is 47.1 Å². The lowest BCUT2D eigenvalue weighted by molar-refractivity contribution is 0.223. The van der Waals surface area contributed by atoms with Crippen molar-refractivity contribution in [3.63, 3.8) is 0 Å². The Labute approximate surface area is 121 Å². The number of nitrogens with zero attached hydrogens (tertiary/aromatic N) is 3. The molecule has 6 nitrogen and oxygen atoms in total. The summed E-state index contributed by atoms with van der Waals surface area (Å²) in [5.74, 6) is 1.86. The molecule has 1 aliphatic rings. The zero-order valence-corrected chi connectivity index (χ0v) is 12.5. The average Bonchev–Trinajstić information content (AvgIpc) is 2.39. The lowest BCUT2D eigenvalue weighted by Gasteiger charge is -2.29. The minimum absolute atomic E-state index is 0.302. The fraction of sp³-hybridized carbons (Fsp3) is 0.714. The topological polar surface area (TPSA) is 79.1 Å². The number of nitrogen functional groups attached to an aromatic ring is 1. The molecule has 2 heterocycles. The molecular weight excluding hydrogens is 252 g/mol. The Morgan fingerprint density at radius 1 is 1.25 bits per heavy atom. The van der Waals surface area contributed by atoms with Crippen LogP contribution in [-0.2, 0) is 0 Å². The maximum atomic E-state index is 5.74. The Morgan fingerprint density at radius 3 is 2.65 bits per heavy atom. The molecular formula is C14H26N6. The molecule has 0 aromatic carbocycles. The molecule has 20 heavy (non-hydrogen) atoms. The highest BCUT2D eigenvalue weighted by molar-refractivity contribution is 5.51. The normalized spacial score (nSPS) is 17.7. The first-order valence-electron chi connectivity index (χ1n) is 7.54. The van der Waals surface area contributed by atoms with Gasteiger partial charge in [0.25, 0.3) is 0 Å². The van der Waals surface area contributed by atoms with Crippen LogP contribution in [0.3, 0.4) is 0 Å². The van der Waals surface area contributed by atoms with E-state index in [1.165, 1.54) is 32.4 Å². The lowest BCUT2D eigenvalue weighted by Crippen LogP contribution is -2.38. The van der Waals surface area contributed by atoms with Gasteiger partial charge in [-0.2, -0.15) is 9.97 Å². The number of piperidine rings is 1. The molecule has 1 fully saturated rings. The highest BCUT2D eigenvalue weighted by atomic mass is 15.2. The highest BCUT2D eigenvalue weighted by Gasteiger charge is 2.14. The van der Waals surface area contributed by atoms with Crippen molar-refractivity contribution >= 4 is 17.6 Å². The van der Waals surface area contributed by atoms with Crippen molar-refractivity contribution in [1.29, 1.82) is 0 Å². The van der Waals surface area contributed by atoms with Crippen molar-refractivity contribution < 1.29 is 0 Å². The molecule has 0 aliphatic carbocycles. The zero-order valence-electron chi connectivity index (χ0n) is 12.5. The van der Waals surface area contributed by atoms with Crippen molar-refractivity contribution in [2.75, 3.05) is 42.5 Å². The predicted molar refractivity (Wildman–Crippen MR) is 84.0 cm³/mol. The third kappa shape index (κ3) is 4.52. The summed E-state index contributed by atoms with van der Waals surface area (Å²) in [7, 11) is 0. The third-order valence-corrected chi connectivity index (χ3v) is 3.48. The molecule has 0 radical (unpaired) electrons. The Morgan fingerprint density at radius 2 is 1.95 bits per heavy atom. The van der Waals surface area contributed by atoms with E-state index >= 15 is 0 Å². The molecule has 0 spiro atoms. The number of likely N-dealkylation sites (tertiary alicyclic amines) is 1. The molecule has 6 heteroatoms. The molecule has 1 atom stereocenters. The quantitative estimate of drug-likeness (QED) is 0.736. The van der Waals surface area contributed by atoms with Crippen LogP contribution in [0.15, 0.2) is 6.07 Å². The molecule has 1 saturated heterocycles. The summed E-state index contributed by atoms with van der Waals surface area (Å²) in [5, 5.41) is 6.58. The van der Waals surface area contributed by atoms with Gasteiger partial charge in [0.15, 0.2) is 0 Å². The van der Waals surface area contributed by atoms with E-state index in [1.54, 1.807) is 0 Å². The van der Waals surface area contributed by atoms with Crippen molar-refractivity contribution in [2.24, 2.45) is 0 Å². The maximum absolute atomic E-state index is 5.74. The van der Waals surface area contributed by atoms with Crippen molar-refractivity contribution in [1.82, 2.24) is 14.9 Å². The molecule has 4 N–H and O–H groups in total. The number of hydrogen-bond donors (Lipinski definition) is 3. The number of nitrogens with one attached hydrogen (secondary N) is 2. The fourth-order valence-corrected chi connectivity index (χ4v) is 2.64. The number of anilines is 3. The first kappa shape index (κ1) is 14.8. The molecule has 2 rings (SSSR count). The van der Waals surface area contributed by atoms with Crippen LogP contribution in [0.5, 0.6) is 0 Å². The van der Waals surface area contributed by atoms with Gasteiger partial charge in [0.05, 0.1) is 0 Å². The highest BCUT2D eigenvalue weighted by Crippen LogP contribution is 2.14. The smallest absolute Gasteiger partial charge is 0.223 e. The Hall–Kier alpha value is -1.56. The Balaban J connectivity index is 1.90. The van der Waals surface area contributed by atoms with Gasteiger partial charge in [-0.05, 0) is 39.8 Å². The fourth-order valence-electron chi connectivity index (χ4n) is 2.64. The first-order chi connectivity index (χ1) is 9.67. The monoisotopic (exact) mass is 278 g/mol. The first-order valence-corrected chi connectivity index (χ1v) is 7.54. The van der Waals surface area contributed by atoms with E-state index in [9.17, 15) is 0 Å². The maximum Gasteiger partial charge on any atom is 0.223 e. The van der Waals surface area contributed by atoms with Gasteiger partial charge < -0.3 is 21.3 Å². The van der Waals surface area contributed by atoms with Crippen LogP contribution < -0.4 is 16.4 Å². The summed E-state index contributed by atoms with van der Waals surface area (Å²) in [6.07, 6.45) is 4.00. The van der Waals surface area contributed by atoms with E-state index in [-0.39, 0.29) is 0 Å². The SMILES string of the molecule is CCNc1cc(NC(C)CN2CCCCC2)nc(N)n1. The van der Waals surface area contributed by atoms with Crippen LogP contribution >= 0.6 is 0 Å². The van der Waals surface area contributed by atoms with Crippen molar-refractivity contribution in [3.05, 3.63) is 6.07 Å². The number of hydrogen-bond acceptors (Lipinski definition) is 6. The van der Waals surface area contributed by atoms with Gasteiger partial charge in [0, 0.05) is 25.2 Å². The van der Waals surface area contributed by atoms with Gasteiger partial charge in [-0.1, -0.05) is 6.42 Å². The van der Waals surface area contributed by atoms with Gasteiger partial charge in [0.1, 0.15) is 11.6 Å². The van der Waals surface area contributed by atoms with Crippen LogP contribution in [0, 0.1) is 0 Å². The third-order valence-electron chi connectivity index (χ3n) is 3.48. The van der Waals surface area contributed by atoms with Gasteiger partial charge >= 0.3 is 0 Å². The van der Waals surface area contributed by atoms with E-state index in [0.29, 0.717) is 12.0 Å². The summed E-state index contributed by atoms with van der Waals surface area (Å²) in [4.78, 5) is 10.9. The standard InChI is InChI=1S/C14H26N6/c1-3-16-12-9-13(19-14(15)18-12)17-11(2)10-20-7-5-4-6-8-20/h9,11H,3-8,10H2,1-2H3,(H4,15,16,17,18,19). The van der Waals surface area contributed by atoms with Gasteiger partial charge in [0.2, 0.25) is 5.95 Å². The Kier molecular flexibility index (Phi) is 5.40. The largest absolute Gasteiger partial charge is 0.370 e. The Bertz CT molecular complexity index is 416. The summed E-state index contributed by atoms with van der Waals surface area (Å²) in [6, 6.07) is 2.25. The van der Waals surface area contributed by atoms with E-state index in [4.69, 9.17) is 5.73 Å². The van der Waals surface area contributed by atoms with E-state index in [1.807, 2.05) is 13.0 Å².